The van der Waals surface area contributed by atoms with E-state index in [4.69, 9.17) is 15.0 Å². The van der Waals surface area contributed by atoms with Gasteiger partial charge in [-0.3, -0.25) is 4.98 Å². The number of pyridine rings is 2. The molecule has 0 aliphatic rings. The predicted molar refractivity (Wildman–Crippen MR) is 164 cm³/mol. The van der Waals surface area contributed by atoms with Crippen LogP contribution in [0.1, 0.15) is 0 Å². The zero-order valence-electron chi connectivity index (χ0n) is 21.5. The Morgan fingerprint density at radius 2 is 1.18 bits per heavy atom. The smallest absolute Gasteiger partial charge is 0.0979 e. The third-order valence-electron chi connectivity index (χ3n) is 7.48. The van der Waals surface area contributed by atoms with Crippen LogP contribution in [-0.2, 0) is 0 Å². The first-order valence-electron chi connectivity index (χ1n) is 13.3. The van der Waals surface area contributed by atoms with E-state index in [1.54, 1.807) is 0 Å². The lowest BCUT2D eigenvalue weighted by Crippen LogP contribution is -1.97. The second-order valence-corrected chi connectivity index (χ2v) is 9.93. The molecule has 3 aromatic heterocycles. The molecule has 0 saturated carbocycles. The molecule has 0 amide bonds. The lowest BCUT2D eigenvalue weighted by Gasteiger charge is -2.13. The lowest BCUT2D eigenvalue weighted by atomic mass is 9.98. The van der Waals surface area contributed by atoms with Crippen molar-refractivity contribution < 1.29 is 0 Å². The van der Waals surface area contributed by atoms with Gasteiger partial charge in [-0.25, -0.2) is 15.0 Å². The van der Waals surface area contributed by atoms with Crippen LogP contribution < -0.4 is 0 Å². The summed E-state index contributed by atoms with van der Waals surface area (Å²) in [7, 11) is 0. The van der Waals surface area contributed by atoms with Crippen molar-refractivity contribution in [2.45, 2.75) is 0 Å². The molecule has 0 spiro atoms. The monoisotopic (exact) mass is 510 g/mol. The summed E-state index contributed by atoms with van der Waals surface area (Å²) in [4.78, 5) is 20.1. The Labute approximate surface area is 230 Å². The summed E-state index contributed by atoms with van der Waals surface area (Å²) >= 11 is 0. The van der Waals surface area contributed by atoms with Crippen molar-refractivity contribution in [3.05, 3.63) is 134 Å². The van der Waals surface area contributed by atoms with Crippen molar-refractivity contribution in [2.75, 3.05) is 0 Å². The third-order valence-corrected chi connectivity index (χ3v) is 7.48. The molecule has 4 nitrogen and oxygen atoms in total. The van der Waals surface area contributed by atoms with Crippen molar-refractivity contribution in [1.29, 1.82) is 0 Å². The van der Waals surface area contributed by atoms with E-state index in [2.05, 4.69) is 102 Å². The highest BCUT2D eigenvalue weighted by Crippen LogP contribution is 2.36. The van der Waals surface area contributed by atoms with Gasteiger partial charge >= 0.3 is 0 Å². The number of fused-ring (bicyclic) bond motifs is 5. The van der Waals surface area contributed by atoms with E-state index in [0.29, 0.717) is 0 Å². The zero-order valence-corrected chi connectivity index (χ0v) is 21.5. The summed E-state index contributed by atoms with van der Waals surface area (Å²) in [6.07, 6.45) is 1.82. The SMILES string of the molecule is c1ccc(-c2nc3ccc(-c4ccc5ccc6cccnc6c5n4)cc3nc2-c2cccc3ccccc23)cc1. The van der Waals surface area contributed by atoms with Crippen molar-refractivity contribution in [3.63, 3.8) is 0 Å². The molecule has 0 saturated heterocycles. The Kier molecular flexibility index (Phi) is 5.10. The first-order valence-corrected chi connectivity index (χ1v) is 13.3. The fourth-order valence-electron chi connectivity index (χ4n) is 5.52. The lowest BCUT2D eigenvalue weighted by molar-refractivity contribution is 1.29. The maximum absolute atomic E-state index is 5.27. The fourth-order valence-corrected chi connectivity index (χ4v) is 5.52. The molecule has 0 aliphatic carbocycles. The first kappa shape index (κ1) is 22.5. The van der Waals surface area contributed by atoms with E-state index in [1.807, 2.05) is 36.5 Å². The number of hydrogen-bond acceptors (Lipinski definition) is 4. The van der Waals surface area contributed by atoms with Gasteiger partial charge < -0.3 is 0 Å². The summed E-state index contributed by atoms with van der Waals surface area (Å²) in [5, 5.41) is 4.48. The Morgan fingerprint density at radius 1 is 0.425 bits per heavy atom. The quantitative estimate of drug-likeness (QED) is 0.223. The van der Waals surface area contributed by atoms with Crippen molar-refractivity contribution in [3.8, 4) is 33.8 Å². The van der Waals surface area contributed by atoms with Gasteiger partial charge in [-0.15, -0.1) is 0 Å². The summed E-state index contributed by atoms with van der Waals surface area (Å²) in [6, 6.07) is 43.7. The van der Waals surface area contributed by atoms with Gasteiger partial charge in [0.25, 0.3) is 0 Å². The van der Waals surface area contributed by atoms with Gasteiger partial charge in [-0.1, -0.05) is 103 Å². The van der Waals surface area contributed by atoms with E-state index < -0.39 is 0 Å². The minimum atomic E-state index is 0.832. The van der Waals surface area contributed by atoms with Crippen molar-refractivity contribution in [2.24, 2.45) is 0 Å². The molecule has 3 heterocycles. The Bertz CT molecular complexity index is 2220. The standard InChI is InChI=1S/C36H22N4/c1-2-9-24(10-3-1)35-36(29-14-6-11-23-8-4-5-13-28(23)29)40-32-22-27(18-20-31(32)39-35)30-19-17-26-16-15-25-12-7-21-37-33(25)34(26)38-30/h1-22H. The van der Waals surface area contributed by atoms with E-state index in [0.717, 1.165) is 72.0 Å². The normalized spacial score (nSPS) is 11.5. The maximum Gasteiger partial charge on any atom is 0.0979 e. The van der Waals surface area contributed by atoms with Crippen LogP contribution in [0.3, 0.4) is 0 Å². The number of rotatable bonds is 3. The largest absolute Gasteiger partial charge is 0.254 e. The minimum Gasteiger partial charge on any atom is -0.254 e. The number of benzene rings is 5. The van der Waals surface area contributed by atoms with Crippen LogP contribution in [0.15, 0.2) is 134 Å². The van der Waals surface area contributed by atoms with Crippen molar-refractivity contribution >= 4 is 43.6 Å². The van der Waals surface area contributed by atoms with E-state index in [9.17, 15) is 0 Å². The Balaban J connectivity index is 1.36. The zero-order chi connectivity index (χ0) is 26.5. The molecule has 5 aromatic carbocycles. The Hall–Kier alpha value is -5.48. The van der Waals surface area contributed by atoms with Gasteiger partial charge in [0, 0.05) is 33.7 Å². The summed E-state index contributed by atoms with van der Waals surface area (Å²) in [5.41, 5.74) is 9.22. The minimum absolute atomic E-state index is 0.832. The van der Waals surface area contributed by atoms with Gasteiger partial charge in [-0.05, 0) is 35.0 Å². The molecule has 0 N–H and O–H groups in total. The molecule has 0 aliphatic heterocycles. The van der Waals surface area contributed by atoms with E-state index in [1.165, 1.54) is 5.39 Å². The summed E-state index contributed by atoms with van der Waals surface area (Å²) < 4.78 is 0. The van der Waals surface area contributed by atoms with Crippen LogP contribution in [0.5, 0.6) is 0 Å². The van der Waals surface area contributed by atoms with Crippen LogP contribution in [0.2, 0.25) is 0 Å². The predicted octanol–water partition coefficient (Wildman–Crippen LogP) is 8.88. The molecule has 40 heavy (non-hydrogen) atoms. The highest BCUT2D eigenvalue weighted by Gasteiger charge is 2.16. The Morgan fingerprint density at radius 3 is 2.10 bits per heavy atom. The fraction of sp³-hybridized carbons (Fsp3) is 0. The van der Waals surface area contributed by atoms with Crippen LogP contribution in [0.4, 0.5) is 0 Å². The highest BCUT2D eigenvalue weighted by atomic mass is 14.8. The van der Waals surface area contributed by atoms with Gasteiger partial charge in [0.15, 0.2) is 0 Å². The third kappa shape index (κ3) is 3.69. The molecule has 4 heteroatoms. The highest BCUT2D eigenvalue weighted by molar-refractivity contribution is 6.04. The number of aromatic nitrogens is 4. The maximum atomic E-state index is 5.27. The number of nitrogens with zero attached hydrogens (tertiary/aromatic N) is 4. The molecule has 0 fully saturated rings. The van der Waals surface area contributed by atoms with Crippen LogP contribution >= 0.6 is 0 Å². The van der Waals surface area contributed by atoms with Gasteiger partial charge in [0.05, 0.1) is 39.1 Å². The molecule has 186 valence electrons. The summed E-state index contributed by atoms with van der Waals surface area (Å²) in [6.45, 7) is 0. The molecule has 0 atom stereocenters. The molecular formula is C36H22N4. The van der Waals surface area contributed by atoms with Gasteiger partial charge in [0.2, 0.25) is 0 Å². The van der Waals surface area contributed by atoms with Crippen molar-refractivity contribution in [1.82, 2.24) is 19.9 Å². The number of hydrogen-bond donors (Lipinski definition) is 0. The second kappa shape index (κ2) is 9.07. The molecule has 8 rings (SSSR count). The van der Waals surface area contributed by atoms with E-state index >= 15 is 0 Å². The molecule has 0 bridgehead atoms. The molecule has 0 unspecified atom stereocenters. The topological polar surface area (TPSA) is 51.6 Å². The molecule has 0 radical (unpaired) electrons. The van der Waals surface area contributed by atoms with Gasteiger partial charge in [-0.2, -0.15) is 0 Å². The van der Waals surface area contributed by atoms with Gasteiger partial charge in [0.1, 0.15) is 0 Å². The van der Waals surface area contributed by atoms with E-state index in [-0.39, 0.29) is 0 Å². The van der Waals surface area contributed by atoms with Crippen LogP contribution in [0.25, 0.3) is 77.4 Å². The molecular weight excluding hydrogens is 488 g/mol. The second-order valence-electron chi connectivity index (χ2n) is 9.93. The van der Waals surface area contributed by atoms with Crippen LogP contribution in [-0.4, -0.2) is 19.9 Å². The van der Waals surface area contributed by atoms with Crippen LogP contribution in [0, 0.1) is 0 Å². The average molecular weight is 511 g/mol. The molecule has 8 aromatic rings. The first-order chi connectivity index (χ1) is 19.8. The summed E-state index contributed by atoms with van der Waals surface area (Å²) in [5.74, 6) is 0. The average Bonchev–Trinajstić information content (AvgIpc) is 3.03.